The second-order valence-electron chi connectivity index (χ2n) is 16.9. The highest BCUT2D eigenvalue weighted by atomic mass is 16.7. The molecule has 0 aliphatic carbocycles. The molecule has 352 valence electrons. The van der Waals surface area contributed by atoms with Crippen LogP contribution in [0.5, 0.6) is 0 Å². The first-order chi connectivity index (χ1) is 29.1. The molecule has 2 fully saturated rings. The molecule has 2 rings (SSSR count). The summed E-state index contributed by atoms with van der Waals surface area (Å²) in [5.74, 6) is -0.251. The monoisotopic (exact) mass is 860 g/mol. The number of hydrogen-bond acceptors (Lipinski definition) is 13. The van der Waals surface area contributed by atoms with Crippen LogP contribution < -0.4 is 5.32 Å². The molecule has 14 nitrogen and oxygen atoms in total. The number of carbonyl (C=O) groups is 1. The van der Waals surface area contributed by atoms with E-state index >= 15 is 0 Å². The zero-order valence-electron chi connectivity index (χ0n) is 36.9. The first-order valence-corrected chi connectivity index (χ1v) is 23.6. The molecule has 12 unspecified atom stereocenters. The van der Waals surface area contributed by atoms with Gasteiger partial charge in [0.05, 0.1) is 32.0 Å². The fourth-order valence-electron chi connectivity index (χ4n) is 7.70. The number of ether oxygens (including phenoxy) is 4. The van der Waals surface area contributed by atoms with Gasteiger partial charge in [-0.15, -0.1) is 0 Å². The number of aliphatic hydroxyl groups is 8. The molecule has 0 saturated carbocycles. The molecule has 2 heterocycles. The third kappa shape index (κ3) is 21.7. The van der Waals surface area contributed by atoms with Gasteiger partial charge in [-0.25, -0.2) is 0 Å². The van der Waals surface area contributed by atoms with Crippen LogP contribution in [0.1, 0.15) is 168 Å². The smallest absolute Gasteiger partial charge is 0.220 e. The molecule has 2 aliphatic heterocycles. The summed E-state index contributed by atoms with van der Waals surface area (Å²) in [6.45, 7) is 2.74. The summed E-state index contributed by atoms with van der Waals surface area (Å²) in [7, 11) is 0. The Morgan fingerprint density at radius 3 is 1.58 bits per heavy atom. The molecule has 0 radical (unpaired) electrons. The summed E-state index contributed by atoms with van der Waals surface area (Å²) in [5, 5.41) is 86.4. The Balaban J connectivity index is 1.89. The second kappa shape index (κ2) is 34.0. The van der Waals surface area contributed by atoms with Crippen molar-refractivity contribution in [1.82, 2.24) is 5.32 Å². The zero-order chi connectivity index (χ0) is 44.0. The van der Waals surface area contributed by atoms with Crippen LogP contribution in [0.3, 0.4) is 0 Å². The van der Waals surface area contributed by atoms with Gasteiger partial charge in [-0.3, -0.25) is 4.79 Å². The van der Waals surface area contributed by atoms with Crippen LogP contribution in [0.15, 0.2) is 24.3 Å². The van der Waals surface area contributed by atoms with Gasteiger partial charge in [0.1, 0.15) is 48.8 Å². The van der Waals surface area contributed by atoms with Gasteiger partial charge in [0.15, 0.2) is 12.6 Å². The molecular weight excluding hydrogens is 774 g/mol. The first-order valence-electron chi connectivity index (χ1n) is 23.6. The molecule has 14 heteroatoms. The molecule has 0 aromatic heterocycles. The van der Waals surface area contributed by atoms with Gasteiger partial charge < -0.3 is 65.1 Å². The van der Waals surface area contributed by atoms with Crippen LogP contribution in [0.25, 0.3) is 0 Å². The number of amides is 1. The van der Waals surface area contributed by atoms with E-state index in [1.54, 1.807) is 6.08 Å². The van der Waals surface area contributed by atoms with Gasteiger partial charge in [-0.1, -0.05) is 141 Å². The van der Waals surface area contributed by atoms with Crippen molar-refractivity contribution in [2.45, 2.75) is 242 Å². The maximum absolute atomic E-state index is 13.1. The second-order valence-corrected chi connectivity index (χ2v) is 16.9. The minimum absolute atomic E-state index is 0.251. The zero-order valence-corrected chi connectivity index (χ0v) is 36.9. The van der Waals surface area contributed by atoms with Gasteiger partial charge in [-0.05, 0) is 44.9 Å². The van der Waals surface area contributed by atoms with Crippen molar-refractivity contribution in [1.29, 1.82) is 0 Å². The normalized spacial score (nSPS) is 28.4. The van der Waals surface area contributed by atoms with Crippen molar-refractivity contribution in [2.24, 2.45) is 0 Å². The van der Waals surface area contributed by atoms with E-state index < -0.39 is 86.8 Å². The molecular formula is C46H85NO13. The van der Waals surface area contributed by atoms with E-state index in [-0.39, 0.29) is 18.9 Å². The summed E-state index contributed by atoms with van der Waals surface area (Å²) in [4.78, 5) is 13.1. The topological polar surface area (TPSA) is 228 Å². The van der Waals surface area contributed by atoms with Crippen molar-refractivity contribution in [3.05, 3.63) is 24.3 Å². The van der Waals surface area contributed by atoms with Crippen molar-refractivity contribution in [3.8, 4) is 0 Å². The number of rotatable bonds is 35. The predicted octanol–water partition coefficient (Wildman–Crippen LogP) is 4.99. The fourth-order valence-corrected chi connectivity index (χ4v) is 7.70. The number of carbonyl (C=O) groups excluding carboxylic acids is 1. The molecule has 9 N–H and O–H groups in total. The van der Waals surface area contributed by atoms with Gasteiger partial charge in [0.25, 0.3) is 0 Å². The molecule has 12 atom stereocenters. The third-order valence-electron chi connectivity index (χ3n) is 11.6. The van der Waals surface area contributed by atoms with Gasteiger partial charge >= 0.3 is 0 Å². The lowest BCUT2D eigenvalue weighted by atomic mass is 9.97. The van der Waals surface area contributed by atoms with E-state index in [9.17, 15) is 45.6 Å². The van der Waals surface area contributed by atoms with E-state index in [1.807, 2.05) is 6.08 Å². The molecule has 2 saturated heterocycles. The van der Waals surface area contributed by atoms with Crippen molar-refractivity contribution in [2.75, 3.05) is 19.8 Å². The number of allylic oxidation sites excluding steroid dienone is 3. The lowest BCUT2D eigenvalue weighted by Gasteiger charge is -2.46. The van der Waals surface area contributed by atoms with Gasteiger partial charge in [-0.2, -0.15) is 0 Å². The lowest BCUT2D eigenvalue weighted by molar-refractivity contribution is -0.359. The molecule has 0 bridgehead atoms. The minimum Gasteiger partial charge on any atom is -0.394 e. The largest absolute Gasteiger partial charge is 0.394 e. The van der Waals surface area contributed by atoms with Gasteiger partial charge in [0, 0.05) is 6.42 Å². The Morgan fingerprint density at radius 1 is 0.583 bits per heavy atom. The van der Waals surface area contributed by atoms with Crippen molar-refractivity contribution < 1.29 is 64.6 Å². The predicted molar refractivity (Wildman–Crippen MR) is 231 cm³/mol. The molecule has 0 aromatic carbocycles. The summed E-state index contributed by atoms with van der Waals surface area (Å²) in [6.07, 6.45) is 17.9. The summed E-state index contributed by atoms with van der Waals surface area (Å²) < 4.78 is 22.6. The highest BCUT2D eigenvalue weighted by molar-refractivity contribution is 5.76. The maximum atomic E-state index is 13.1. The molecule has 0 spiro atoms. The van der Waals surface area contributed by atoms with Crippen LogP contribution >= 0.6 is 0 Å². The number of aliphatic hydroxyl groups excluding tert-OH is 8. The summed E-state index contributed by atoms with van der Waals surface area (Å²) >= 11 is 0. The molecule has 2 aliphatic rings. The van der Waals surface area contributed by atoms with E-state index in [0.29, 0.717) is 6.42 Å². The molecule has 1 amide bonds. The van der Waals surface area contributed by atoms with Crippen molar-refractivity contribution >= 4 is 5.91 Å². The maximum Gasteiger partial charge on any atom is 0.220 e. The Bertz CT molecular complexity index is 1110. The highest BCUT2D eigenvalue weighted by Gasteiger charge is 2.50. The van der Waals surface area contributed by atoms with Crippen LogP contribution in [0.2, 0.25) is 0 Å². The number of nitrogens with one attached hydrogen (secondary N) is 1. The van der Waals surface area contributed by atoms with E-state index in [4.69, 9.17) is 18.9 Å². The quantitative estimate of drug-likeness (QED) is 0.0303. The van der Waals surface area contributed by atoms with Crippen molar-refractivity contribution in [3.63, 3.8) is 0 Å². The highest BCUT2D eigenvalue weighted by Crippen LogP contribution is 2.30. The summed E-state index contributed by atoms with van der Waals surface area (Å²) in [5.41, 5.74) is 0. The molecule has 0 aromatic rings. The molecule has 60 heavy (non-hydrogen) atoms. The minimum atomic E-state index is -1.79. The van der Waals surface area contributed by atoms with Crippen LogP contribution in [0, 0.1) is 0 Å². The Morgan fingerprint density at radius 2 is 1.05 bits per heavy atom. The van der Waals surface area contributed by atoms with Crippen LogP contribution in [0.4, 0.5) is 0 Å². The lowest BCUT2D eigenvalue weighted by Crippen LogP contribution is -2.65. The first kappa shape index (κ1) is 54.6. The van der Waals surface area contributed by atoms with E-state index in [1.165, 1.54) is 83.5 Å². The third-order valence-corrected chi connectivity index (χ3v) is 11.6. The Labute approximate surface area is 360 Å². The summed E-state index contributed by atoms with van der Waals surface area (Å²) in [6, 6.07) is -0.913. The van der Waals surface area contributed by atoms with Gasteiger partial charge in [0.2, 0.25) is 5.91 Å². The van der Waals surface area contributed by atoms with E-state index in [0.717, 1.165) is 57.8 Å². The van der Waals surface area contributed by atoms with E-state index in [2.05, 4.69) is 31.3 Å². The Kier molecular flexibility index (Phi) is 30.9. The Hall–Kier alpha value is -1.53. The number of hydrogen-bond donors (Lipinski definition) is 9. The van der Waals surface area contributed by atoms with Crippen LogP contribution in [-0.2, 0) is 23.7 Å². The average Bonchev–Trinajstić information content (AvgIpc) is 3.24. The fraction of sp³-hybridized carbons (Fsp3) is 0.891. The average molecular weight is 860 g/mol. The standard InChI is InChI=1S/C46H85NO13/c1-3-5-7-9-11-13-15-16-17-18-20-22-24-26-28-30-38(51)47-34(35(50)29-27-25-23-21-19-14-12-10-8-6-4-2)33-57-45-43(56)41(54)44(37(32-49)59-45)60-46-42(55)40(53)39(52)36(31-48)58-46/h16-17,27,29,34-37,39-46,48-50,52-56H,3-15,18-26,28,30-33H2,1-2H3,(H,47,51)/b17-16-,29-27+. The van der Waals surface area contributed by atoms with Crippen LogP contribution in [-0.4, -0.2) is 140 Å². The number of unbranched alkanes of at least 4 members (excludes halogenated alkanes) is 20. The SMILES string of the molecule is CCCCCCCC/C=C\CCCCCCCC(=O)NC(COC1OC(CO)C(OC2OC(CO)C(O)C(O)C2O)C(O)C1O)C(O)/C=C/CCCCCCCCCCC.